The monoisotopic (exact) mass is 483 g/mol. The summed E-state index contributed by atoms with van der Waals surface area (Å²) in [6.07, 6.45) is 4.98. The van der Waals surface area contributed by atoms with Crippen LogP contribution in [0, 0.1) is 13.8 Å². The third kappa shape index (κ3) is 3.86. The Bertz CT molecular complexity index is 1510. The molecular weight excluding hydrogens is 458 g/mol. The average Bonchev–Trinajstić information content (AvgIpc) is 3.58. The van der Waals surface area contributed by atoms with Gasteiger partial charge in [-0.1, -0.05) is 30.9 Å². The van der Waals surface area contributed by atoms with Crippen LogP contribution in [-0.2, 0) is 16.1 Å². The summed E-state index contributed by atoms with van der Waals surface area (Å²) in [7, 11) is 0. The van der Waals surface area contributed by atoms with Gasteiger partial charge in [0.25, 0.3) is 11.7 Å². The number of ketones is 1. The number of furan rings is 1. The van der Waals surface area contributed by atoms with E-state index < -0.39 is 17.7 Å². The lowest BCUT2D eigenvalue weighted by Gasteiger charge is -2.24. The van der Waals surface area contributed by atoms with Gasteiger partial charge in [0.05, 0.1) is 30.1 Å². The number of Topliss-reactive ketones (excluding diaryl/α,β-unsaturated/α-hetero) is 1. The summed E-state index contributed by atoms with van der Waals surface area (Å²) in [5.41, 5.74) is 3.08. The zero-order valence-corrected chi connectivity index (χ0v) is 20.0. The highest BCUT2D eigenvalue weighted by atomic mass is 16.5. The van der Waals surface area contributed by atoms with Crippen LogP contribution < -0.4 is 4.74 Å². The summed E-state index contributed by atoms with van der Waals surface area (Å²) in [5.74, 6) is -0.767. The number of amides is 1. The average molecular weight is 484 g/mol. The number of pyridine rings is 1. The molecule has 0 radical (unpaired) electrons. The lowest BCUT2D eigenvalue weighted by molar-refractivity contribution is -0.140. The van der Waals surface area contributed by atoms with E-state index in [1.54, 1.807) is 42.5 Å². The van der Waals surface area contributed by atoms with Gasteiger partial charge >= 0.3 is 0 Å². The first kappa shape index (κ1) is 23.2. The Labute approximate surface area is 207 Å². The molecule has 1 amide bonds. The number of carbonyl (C=O) groups excluding carboxylic acids is 2. The largest absolute Gasteiger partial charge is 0.505 e. The molecule has 0 bridgehead atoms. The first-order valence-corrected chi connectivity index (χ1v) is 11.5. The molecule has 4 aromatic rings. The summed E-state index contributed by atoms with van der Waals surface area (Å²) < 4.78 is 13.0. The van der Waals surface area contributed by atoms with Crippen LogP contribution in [0.15, 0.2) is 83.6 Å². The van der Waals surface area contributed by atoms with Gasteiger partial charge in [-0.2, -0.15) is 0 Å². The Balaban J connectivity index is 1.69. The Morgan fingerprint density at radius 1 is 1.19 bits per heavy atom. The molecule has 0 spiro atoms. The Kier molecular flexibility index (Phi) is 5.93. The maximum Gasteiger partial charge on any atom is 0.296 e. The Hall–Kier alpha value is -4.59. The number of aryl methyl sites for hydroxylation is 2. The maximum atomic E-state index is 13.4. The molecule has 36 heavy (non-hydrogen) atoms. The molecule has 1 aliphatic heterocycles. The molecule has 182 valence electrons. The van der Waals surface area contributed by atoms with Gasteiger partial charge in [0.1, 0.15) is 29.5 Å². The van der Waals surface area contributed by atoms with Crippen molar-refractivity contribution >= 4 is 23.1 Å². The van der Waals surface area contributed by atoms with Gasteiger partial charge in [0.2, 0.25) is 0 Å². The summed E-state index contributed by atoms with van der Waals surface area (Å²) in [4.78, 5) is 32.6. The SMILES string of the molecule is C=CCOc1cccc(C2C(=C(O)c3nc4c(C)cccn4c3C)C(=O)C(=O)N2Cc2ccco2)c1. The summed E-state index contributed by atoms with van der Waals surface area (Å²) >= 11 is 0. The lowest BCUT2D eigenvalue weighted by atomic mass is 9.96. The van der Waals surface area contributed by atoms with E-state index in [0.717, 1.165) is 5.56 Å². The second-order valence-electron chi connectivity index (χ2n) is 8.61. The molecule has 5 rings (SSSR count). The molecular formula is C28H25N3O5. The van der Waals surface area contributed by atoms with E-state index >= 15 is 0 Å². The zero-order chi connectivity index (χ0) is 25.4. The molecule has 1 saturated heterocycles. The van der Waals surface area contributed by atoms with Crippen molar-refractivity contribution in [1.82, 2.24) is 14.3 Å². The Morgan fingerprint density at radius 3 is 2.75 bits per heavy atom. The number of hydrogen-bond acceptors (Lipinski definition) is 6. The minimum atomic E-state index is -0.868. The smallest absolute Gasteiger partial charge is 0.296 e. The molecule has 1 unspecified atom stereocenters. The van der Waals surface area contributed by atoms with Crippen LogP contribution in [0.4, 0.5) is 0 Å². The molecule has 1 aliphatic rings. The first-order valence-electron chi connectivity index (χ1n) is 11.5. The van der Waals surface area contributed by atoms with Crippen LogP contribution >= 0.6 is 0 Å². The summed E-state index contributed by atoms with van der Waals surface area (Å²) in [5, 5.41) is 11.5. The van der Waals surface area contributed by atoms with Crippen molar-refractivity contribution < 1.29 is 23.8 Å². The lowest BCUT2D eigenvalue weighted by Crippen LogP contribution is -2.29. The Morgan fingerprint density at radius 2 is 2.03 bits per heavy atom. The number of likely N-dealkylation sites (tertiary alicyclic amines) is 1. The van der Waals surface area contributed by atoms with Gasteiger partial charge in [-0.25, -0.2) is 4.98 Å². The normalized spacial score (nSPS) is 17.2. The van der Waals surface area contributed by atoms with Crippen LogP contribution in [0.25, 0.3) is 11.4 Å². The van der Waals surface area contributed by atoms with E-state index in [2.05, 4.69) is 11.6 Å². The summed E-state index contributed by atoms with van der Waals surface area (Å²) in [6.45, 7) is 7.76. The molecule has 0 aliphatic carbocycles. The molecule has 8 heteroatoms. The van der Waals surface area contributed by atoms with E-state index in [4.69, 9.17) is 9.15 Å². The van der Waals surface area contributed by atoms with Crippen molar-refractivity contribution in [2.75, 3.05) is 6.61 Å². The highest BCUT2D eigenvalue weighted by Gasteiger charge is 2.47. The predicted molar refractivity (Wildman–Crippen MR) is 133 cm³/mol. The van der Waals surface area contributed by atoms with Crippen LogP contribution in [0.5, 0.6) is 5.75 Å². The molecule has 0 saturated carbocycles. The van der Waals surface area contributed by atoms with Gasteiger partial charge < -0.3 is 23.6 Å². The number of rotatable bonds is 7. The minimum Gasteiger partial charge on any atom is -0.505 e. The van der Waals surface area contributed by atoms with Crippen LogP contribution in [0.2, 0.25) is 0 Å². The third-order valence-corrected chi connectivity index (χ3v) is 6.30. The van der Waals surface area contributed by atoms with Crippen molar-refractivity contribution in [3.05, 3.63) is 107 Å². The van der Waals surface area contributed by atoms with Crippen LogP contribution in [0.1, 0.15) is 34.3 Å². The van der Waals surface area contributed by atoms with Crippen LogP contribution in [0.3, 0.4) is 0 Å². The molecule has 8 nitrogen and oxygen atoms in total. The second-order valence-corrected chi connectivity index (χ2v) is 8.61. The van der Waals surface area contributed by atoms with Crippen molar-refractivity contribution in [2.24, 2.45) is 0 Å². The van der Waals surface area contributed by atoms with E-state index in [0.29, 0.717) is 35.0 Å². The van der Waals surface area contributed by atoms with Gasteiger partial charge in [0.15, 0.2) is 5.76 Å². The molecule has 1 atom stereocenters. The number of aliphatic hydroxyl groups is 1. The molecule has 1 aromatic carbocycles. The minimum absolute atomic E-state index is 0.0309. The van der Waals surface area contributed by atoms with Gasteiger partial charge in [-0.3, -0.25) is 9.59 Å². The van der Waals surface area contributed by atoms with Crippen molar-refractivity contribution in [3.63, 3.8) is 0 Å². The van der Waals surface area contributed by atoms with Gasteiger partial charge in [-0.15, -0.1) is 0 Å². The second kappa shape index (κ2) is 9.22. The number of carbonyl (C=O) groups is 2. The van der Waals surface area contributed by atoms with E-state index in [1.165, 1.54) is 11.2 Å². The number of benzene rings is 1. The number of hydrogen-bond donors (Lipinski definition) is 1. The number of fused-ring (bicyclic) bond motifs is 1. The van der Waals surface area contributed by atoms with Gasteiger partial charge in [-0.05, 0) is 55.3 Å². The van der Waals surface area contributed by atoms with Crippen molar-refractivity contribution in [1.29, 1.82) is 0 Å². The van der Waals surface area contributed by atoms with Crippen LogP contribution in [-0.4, -0.2) is 37.7 Å². The number of aromatic nitrogens is 2. The zero-order valence-electron chi connectivity index (χ0n) is 20.0. The van der Waals surface area contributed by atoms with Crippen molar-refractivity contribution in [3.8, 4) is 5.75 Å². The molecule has 3 aromatic heterocycles. The van der Waals surface area contributed by atoms with E-state index in [9.17, 15) is 14.7 Å². The molecule has 4 heterocycles. The fraction of sp³-hybridized carbons (Fsp3) is 0.179. The predicted octanol–water partition coefficient (Wildman–Crippen LogP) is 4.73. The highest BCUT2D eigenvalue weighted by molar-refractivity contribution is 6.46. The maximum absolute atomic E-state index is 13.4. The topological polar surface area (TPSA) is 97.3 Å². The van der Waals surface area contributed by atoms with Crippen molar-refractivity contribution in [2.45, 2.75) is 26.4 Å². The van der Waals surface area contributed by atoms with E-state index in [-0.39, 0.29) is 23.6 Å². The highest BCUT2D eigenvalue weighted by Crippen LogP contribution is 2.41. The number of aliphatic hydroxyl groups excluding tert-OH is 1. The fourth-order valence-corrected chi connectivity index (χ4v) is 4.56. The first-order chi connectivity index (χ1) is 17.4. The third-order valence-electron chi connectivity index (χ3n) is 6.30. The van der Waals surface area contributed by atoms with E-state index in [1.807, 2.05) is 36.6 Å². The standard InChI is InChI=1S/C28H25N3O5/c1-4-13-35-20-10-5-9-19(15-20)24-22(26(33)28(34)31(24)16-21-11-7-14-36-21)25(32)23-18(3)30-12-6-8-17(2)27(30)29-23/h4-12,14-15,24,32H,1,13,16H2,2-3H3. The number of nitrogens with zero attached hydrogens (tertiary/aromatic N) is 3. The molecule has 1 N–H and O–H groups in total. The quantitative estimate of drug-likeness (QED) is 0.177. The number of imidazole rings is 1. The number of ether oxygens (including phenoxy) is 1. The molecule has 1 fully saturated rings. The van der Waals surface area contributed by atoms with Gasteiger partial charge in [0, 0.05) is 6.20 Å². The fourth-order valence-electron chi connectivity index (χ4n) is 4.56. The summed E-state index contributed by atoms with van der Waals surface area (Å²) in [6, 6.07) is 13.5.